The van der Waals surface area contributed by atoms with Crippen LogP contribution in [0.15, 0.2) is 79.2 Å². The topological polar surface area (TPSA) is 110 Å². The van der Waals surface area contributed by atoms with Crippen LogP contribution in [0, 0.1) is 6.92 Å². The minimum absolute atomic E-state index is 0.0327. The number of carbonyl (C=O) groups is 1. The molecule has 0 unspecified atom stereocenters. The lowest BCUT2D eigenvalue weighted by atomic mass is 10.1. The average molecular weight is 625 g/mol. The maximum atomic E-state index is 13.8. The van der Waals surface area contributed by atoms with Gasteiger partial charge < -0.3 is 0 Å². The van der Waals surface area contributed by atoms with E-state index in [1.54, 1.807) is 6.92 Å². The molecular formula is C25H19Br2N7O3. The van der Waals surface area contributed by atoms with Crippen LogP contribution in [0.3, 0.4) is 0 Å². The predicted molar refractivity (Wildman–Crippen MR) is 145 cm³/mol. The van der Waals surface area contributed by atoms with Gasteiger partial charge in [-0.25, -0.2) is 9.48 Å². The Balaban J connectivity index is 1.67. The van der Waals surface area contributed by atoms with E-state index in [0.717, 1.165) is 24.6 Å². The summed E-state index contributed by atoms with van der Waals surface area (Å²) in [6.07, 6.45) is 0. The van der Waals surface area contributed by atoms with E-state index in [2.05, 4.69) is 47.3 Å². The maximum absolute atomic E-state index is 13.8. The molecule has 37 heavy (non-hydrogen) atoms. The molecule has 0 saturated carbocycles. The molecule has 0 aliphatic carbocycles. The zero-order valence-corrected chi connectivity index (χ0v) is 23.1. The largest absolute Gasteiger partial charge is 0.332 e. The van der Waals surface area contributed by atoms with E-state index in [1.165, 1.54) is 34.1 Å². The summed E-state index contributed by atoms with van der Waals surface area (Å²) in [6.45, 7) is 1.64. The first-order valence-corrected chi connectivity index (χ1v) is 12.6. The van der Waals surface area contributed by atoms with Crippen LogP contribution in [0.25, 0.3) is 28.3 Å². The van der Waals surface area contributed by atoms with Crippen LogP contribution in [0.1, 0.15) is 16.2 Å². The normalized spacial score (nSPS) is 11.2. The van der Waals surface area contributed by atoms with Crippen LogP contribution in [0.5, 0.6) is 0 Å². The van der Waals surface area contributed by atoms with Crippen LogP contribution in [-0.2, 0) is 14.1 Å². The lowest BCUT2D eigenvalue weighted by Crippen LogP contribution is -2.38. The van der Waals surface area contributed by atoms with Gasteiger partial charge in [-0.05, 0) is 25.1 Å². The highest BCUT2D eigenvalue weighted by molar-refractivity contribution is 9.11. The van der Waals surface area contributed by atoms with E-state index in [0.29, 0.717) is 17.1 Å². The van der Waals surface area contributed by atoms with Gasteiger partial charge in [-0.2, -0.15) is 9.78 Å². The molecule has 0 bridgehead atoms. The summed E-state index contributed by atoms with van der Waals surface area (Å²) >= 11 is 7.05. The van der Waals surface area contributed by atoms with Crippen molar-refractivity contribution < 1.29 is 4.79 Å². The monoisotopic (exact) mass is 623 g/mol. The predicted octanol–water partition coefficient (Wildman–Crippen LogP) is 3.72. The summed E-state index contributed by atoms with van der Waals surface area (Å²) in [7, 11) is 2.91. The third kappa shape index (κ3) is 4.31. The molecule has 186 valence electrons. The Hall–Kier alpha value is -3.90. The van der Waals surface area contributed by atoms with Crippen LogP contribution < -0.4 is 11.2 Å². The van der Waals surface area contributed by atoms with E-state index in [4.69, 9.17) is 0 Å². The number of nitrogens with zero attached hydrogens (tertiary/aromatic N) is 7. The molecule has 2 aromatic carbocycles. The van der Waals surface area contributed by atoms with E-state index in [9.17, 15) is 14.4 Å². The van der Waals surface area contributed by atoms with Crippen molar-refractivity contribution >= 4 is 37.8 Å². The molecule has 0 amide bonds. The van der Waals surface area contributed by atoms with Crippen molar-refractivity contribution in [1.82, 2.24) is 33.9 Å². The molecular weight excluding hydrogens is 606 g/mol. The molecule has 0 radical (unpaired) electrons. The first-order valence-electron chi connectivity index (χ1n) is 11.0. The molecule has 5 aromatic rings. The highest BCUT2D eigenvalue weighted by Crippen LogP contribution is 2.33. The molecule has 0 atom stereocenters. The van der Waals surface area contributed by atoms with E-state index in [-0.39, 0.29) is 11.5 Å². The van der Waals surface area contributed by atoms with Gasteiger partial charge >= 0.3 is 11.6 Å². The Morgan fingerprint density at radius 1 is 0.919 bits per heavy atom. The summed E-state index contributed by atoms with van der Waals surface area (Å²) in [4.78, 5) is 38.5. The minimum Gasteiger partial charge on any atom is -0.281 e. The summed E-state index contributed by atoms with van der Waals surface area (Å²) in [5.74, 6) is -0.317. The molecule has 0 N–H and O–H groups in total. The van der Waals surface area contributed by atoms with Crippen LogP contribution >= 0.6 is 31.9 Å². The maximum Gasteiger partial charge on any atom is 0.332 e. The van der Waals surface area contributed by atoms with E-state index >= 15 is 0 Å². The van der Waals surface area contributed by atoms with Gasteiger partial charge in [-0.3, -0.25) is 18.7 Å². The third-order valence-corrected chi connectivity index (χ3v) is 7.14. The van der Waals surface area contributed by atoms with Crippen molar-refractivity contribution in [1.29, 1.82) is 0 Å². The highest BCUT2D eigenvalue weighted by Gasteiger charge is 2.25. The van der Waals surface area contributed by atoms with Gasteiger partial charge in [0.1, 0.15) is 5.82 Å². The SMILES string of the molecule is Cc1c(C(=O)n2nc(-c3ccccc3)cc2-c2ccc(Br)cc2Br)nnn1-c1cc(=O)n(C)c(=O)n1C. The van der Waals surface area contributed by atoms with Crippen LogP contribution in [0.2, 0.25) is 0 Å². The van der Waals surface area contributed by atoms with Crippen LogP contribution in [0.4, 0.5) is 0 Å². The highest BCUT2D eigenvalue weighted by atomic mass is 79.9. The lowest BCUT2D eigenvalue weighted by molar-refractivity contribution is 0.0941. The van der Waals surface area contributed by atoms with Crippen molar-refractivity contribution in [3.05, 3.63) is 102 Å². The zero-order valence-electron chi connectivity index (χ0n) is 19.9. The quantitative estimate of drug-likeness (QED) is 0.302. The molecule has 0 aliphatic heterocycles. The summed E-state index contributed by atoms with van der Waals surface area (Å²) < 4.78 is 6.49. The Bertz CT molecular complexity index is 1800. The van der Waals surface area contributed by atoms with Crippen molar-refractivity contribution in [3.8, 4) is 28.3 Å². The van der Waals surface area contributed by atoms with Gasteiger partial charge in [0.05, 0.1) is 17.1 Å². The van der Waals surface area contributed by atoms with Crippen molar-refractivity contribution in [2.45, 2.75) is 6.92 Å². The summed E-state index contributed by atoms with van der Waals surface area (Å²) in [5, 5.41) is 12.8. The molecule has 12 heteroatoms. The van der Waals surface area contributed by atoms with Crippen molar-refractivity contribution in [3.63, 3.8) is 0 Å². The number of aromatic nitrogens is 7. The second-order valence-electron chi connectivity index (χ2n) is 8.30. The standard InChI is InChI=1S/C25H19Br2N7O3/c1-14-23(28-30-33(14)21-13-22(35)32(3)25(37)31(21)2)24(36)34-20(17-10-9-16(26)11-18(17)27)12-19(29-34)15-7-5-4-6-8-15/h4-13H,1-3H3. The second kappa shape index (κ2) is 9.52. The molecule has 0 fully saturated rings. The first-order chi connectivity index (χ1) is 17.7. The molecule has 0 aliphatic rings. The Kier molecular flexibility index (Phi) is 6.38. The van der Waals surface area contributed by atoms with E-state index < -0.39 is 17.2 Å². The van der Waals surface area contributed by atoms with Crippen molar-refractivity contribution in [2.75, 3.05) is 0 Å². The fourth-order valence-electron chi connectivity index (χ4n) is 3.94. The number of rotatable bonds is 4. The summed E-state index contributed by atoms with van der Waals surface area (Å²) in [5.41, 5.74) is 2.13. The zero-order chi connectivity index (χ0) is 26.4. The molecule has 3 heterocycles. The van der Waals surface area contributed by atoms with Gasteiger partial charge in [-0.15, -0.1) is 5.10 Å². The van der Waals surface area contributed by atoms with Gasteiger partial charge in [-0.1, -0.05) is 73.5 Å². The molecule has 5 rings (SSSR count). The fraction of sp³-hybridized carbons (Fsp3) is 0.120. The smallest absolute Gasteiger partial charge is 0.281 e. The van der Waals surface area contributed by atoms with Gasteiger partial charge in [0.15, 0.2) is 5.69 Å². The fourth-order valence-corrected chi connectivity index (χ4v) is 5.19. The Labute approximate surface area is 227 Å². The van der Waals surface area contributed by atoms with Crippen molar-refractivity contribution in [2.24, 2.45) is 14.1 Å². The average Bonchev–Trinajstić information content (AvgIpc) is 3.49. The number of hydrogen-bond donors (Lipinski definition) is 0. The number of hydrogen-bond acceptors (Lipinski definition) is 6. The van der Waals surface area contributed by atoms with Crippen LogP contribution in [-0.4, -0.2) is 39.8 Å². The van der Waals surface area contributed by atoms with E-state index in [1.807, 2.05) is 54.6 Å². The first kappa shape index (κ1) is 24.8. The van der Waals surface area contributed by atoms with Gasteiger partial charge in [0.2, 0.25) is 0 Å². The minimum atomic E-state index is -0.521. The molecule has 0 saturated heterocycles. The number of benzene rings is 2. The lowest BCUT2D eigenvalue weighted by Gasteiger charge is -2.10. The molecule has 0 spiro atoms. The second-order valence-corrected chi connectivity index (χ2v) is 10.1. The number of carbonyl (C=O) groups excluding carboxylic acids is 1. The van der Waals surface area contributed by atoms with Gasteiger partial charge in [0.25, 0.3) is 5.56 Å². The Morgan fingerprint density at radius 2 is 1.65 bits per heavy atom. The Morgan fingerprint density at radius 3 is 2.35 bits per heavy atom. The summed E-state index contributed by atoms with van der Waals surface area (Å²) in [6, 6.07) is 18.3. The molecule has 10 nitrogen and oxygen atoms in total. The number of halogens is 2. The van der Waals surface area contributed by atoms with Gasteiger partial charge in [0, 0.05) is 40.2 Å². The third-order valence-electron chi connectivity index (χ3n) is 5.99. The molecule has 3 aromatic heterocycles.